The molecule has 1 aromatic carbocycles. The molecule has 0 spiro atoms. The standard InChI is InChI=1S/C16H26FNO3/c1-4-8-18-9-13-6-5-7-15(17)16(13)21-11-14(19)10-20-12(2)3/h5-7,12,14,18-19H,4,8-11H2,1-3H3. The molecule has 0 saturated heterocycles. The third-order valence-corrected chi connectivity index (χ3v) is 2.83. The van der Waals surface area contributed by atoms with Gasteiger partial charge in [0.1, 0.15) is 12.7 Å². The van der Waals surface area contributed by atoms with E-state index in [9.17, 15) is 9.50 Å². The van der Waals surface area contributed by atoms with Crippen LogP contribution in [-0.4, -0.2) is 37.1 Å². The number of aliphatic hydroxyl groups is 1. The zero-order valence-corrected chi connectivity index (χ0v) is 13.1. The van der Waals surface area contributed by atoms with E-state index in [-0.39, 0.29) is 25.1 Å². The number of rotatable bonds is 10. The maximum Gasteiger partial charge on any atom is 0.165 e. The second kappa shape index (κ2) is 9.71. The first-order chi connectivity index (χ1) is 10.0. The van der Waals surface area contributed by atoms with Crippen LogP contribution in [0.25, 0.3) is 0 Å². The lowest BCUT2D eigenvalue weighted by Crippen LogP contribution is -2.26. The number of halogens is 1. The number of para-hydroxylation sites is 1. The van der Waals surface area contributed by atoms with Gasteiger partial charge in [-0.15, -0.1) is 0 Å². The highest BCUT2D eigenvalue weighted by Crippen LogP contribution is 2.22. The van der Waals surface area contributed by atoms with Crippen molar-refractivity contribution in [2.75, 3.05) is 19.8 Å². The van der Waals surface area contributed by atoms with E-state index >= 15 is 0 Å². The predicted octanol–water partition coefficient (Wildman–Crippen LogP) is 2.49. The average Bonchev–Trinajstić information content (AvgIpc) is 2.44. The minimum Gasteiger partial charge on any atom is -0.487 e. The highest BCUT2D eigenvalue weighted by Gasteiger charge is 2.13. The summed E-state index contributed by atoms with van der Waals surface area (Å²) in [5, 5.41) is 13.0. The molecular weight excluding hydrogens is 273 g/mol. The van der Waals surface area contributed by atoms with E-state index < -0.39 is 11.9 Å². The quantitative estimate of drug-likeness (QED) is 0.652. The summed E-state index contributed by atoms with van der Waals surface area (Å²) in [5.41, 5.74) is 0.750. The lowest BCUT2D eigenvalue weighted by atomic mass is 10.2. The summed E-state index contributed by atoms with van der Waals surface area (Å²) < 4.78 is 24.6. The Hall–Kier alpha value is -1.17. The van der Waals surface area contributed by atoms with Crippen LogP contribution in [-0.2, 0) is 11.3 Å². The monoisotopic (exact) mass is 299 g/mol. The molecule has 1 aromatic rings. The van der Waals surface area contributed by atoms with Gasteiger partial charge in [-0.05, 0) is 32.9 Å². The molecular formula is C16H26FNO3. The van der Waals surface area contributed by atoms with Crippen molar-refractivity contribution in [1.82, 2.24) is 5.32 Å². The summed E-state index contributed by atoms with van der Waals surface area (Å²) in [6.07, 6.45) is 0.280. The highest BCUT2D eigenvalue weighted by atomic mass is 19.1. The smallest absolute Gasteiger partial charge is 0.165 e. The average molecular weight is 299 g/mol. The van der Waals surface area contributed by atoms with Gasteiger partial charge in [0.2, 0.25) is 0 Å². The molecule has 0 aliphatic heterocycles. The van der Waals surface area contributed by atoms with Crippen molar-refractivity contribution in [3.63, 3.8) is 0 Å². The molecule has 120 valence electrons. The first-order valence-electron chi connectivity index (χ1n) is 7.45. The first-order valence-corrected chi connectivity index (χ1v) is 7.45. The fourth-order valence-corrected chi connectivity index (χ4v) is 1.79. The van der Waals surface area contributed by atoms with Crippen LogP contribution in [0.1, 0.15) is 32.8 Å². The van der Waals surface area contributed by atoms with Crippen molar-refractivity contribution < 1.29 is 19.0 Å². The molecule has 0 amide bonds. The van der Waals surface area contributed by atoms with Crippen molar-refractivity contribution in [3.8, 4) is 5.75 Å². The number of aliphatic hydroxyl groups excluding tert-OH is 1. The van der Waals surface area contributed by atoms with Gasteiger partial charge in [-0.1, -0.05) is 19.1 Å². The minimum absolute atomic E-state index is 0.00836. The van der Waals surface area contributed by atoms with Gasteiger partial charge in [-0.2, -0.15) is 0 Å². The summed E-state index contributed by atoms with van der Waals surface area (Å²) in [6.45, 7) is 7.44. The summed E-state index contributed by atoms with van der Waals surface area (Å²) in [5.74, 6) is -0.215. The van der Waals surface area contributed by atoms with Gasteiger partial charge in [0.05, 0.1) is 12.7 Å². The second-order valence-electron chi connectivity index (χ2n) is 5.25. The van der Waals surface area contributed by atoms with Crippen molar-refractivity contribution in [2.24, 2.45) is 0 Å². The van der Waals surface area contributed by atoms with Gasteiger partial charge in [0.25, 0.3) is 0 Å². The molecule has 1 rings (SSSR count). The van der Waals surface area contributed by atoms with Gasteiger partial charge >= 0.3 is 0 Å². The summed E-state index contributed by atoms with van der Waals surface area (Å²) in [6, 6.07) is 4.83. The van der Waals surface area contributed by atoms with Crippen LogP contribution >= 0.6 is 0 Å². The van der Waals surface area contributed by atoms with Crippen molar-refractivity contribution in [1.29, 1.82) is 0 Å². The van der Waals surface area contributed by atoms with Gasteiger partial charge < -0.3 is 19.9 Å². The van der Waals surface area contributed by atoms with Gasteiger partial charge in [-0.3, -0.25) is 0 Å². The Morgan fingerprint density at radius 3 is 2.71 bits per heavy atom. The van der Waals surface area contributed by atoms with E-state index in [1.54, 1.807) is 6.07 Å². The SMILES string of the molecule is CCCNCc1cccc(F)c1OCC(O)COC(C)C. The Morgan fingerprint density at radius 1 is 1.29 bits per heavy atom. The van der Waals surface area contributed by atoms with Crippen LogP contribution in [0, 0.1) is 5.82 Å². The third kappa shape index (κ3) is 6.89. The van der Waals surface area contributed by atoms with Gasteiger partial charge in [-0.25, -0.2) is 4.39 Å². The molecule has 0 fully saturated rings. The summed E-state index contributed by atoms with van der Waals surface area (Å²) in [7, 11) is 0. The van der Waals surface area contributed by atoms with E-state index in [0.717, 1.165) is 18.5 Å². The first kappa shape index (κ1) is 17.9. The Morgan fingerprint density at radius 2 is 2.05 bits per heavy atom. The Labute approximate surface area is 126 Å². The van der Waals surface area contributed by atoms with E-state index in [1.165, 1.54) is 6.07 Å². The Kier molecular flexibility index (Phi) is 8.27. The molecule has 0 radical (unpaired) electrons. The molecule has 4 nitrogen and oxygen atoms in total. The topological polar surface area (TPSA) is 50.7 Å². The van der Waals surface area contributed by atoms with Gasteiger partial charge in [0.15, 0.2) is 11.6 Å². The van der Waals surface area contributed by atoms with Crippen LogP contribution in [0.15, 0.2) is 18.2 Å². The molecule has 0 saturated carbocycles. The zero-order valence-electron chi connectivity index (χ0n) is 13.1. The fourth-order valence-electron chi connectivity index (χ4n) is 1.79. The lowest BCUT2D eigenvalue weighted by molar-refractivity contribution is -0.0129. The van der Waals surface area contributed by atoms with Crippen LogP contribution in [0.3, 0.4) is 0 Å². The molecule has 0 aromatic heterocycles. The fraction of sp³-hybridized carbons (Fsp3) is 0.625. The summed E-state index contributed by atoms with van der Waals surface area (Å²) in [4.78, 5) is 0. The highest BCUT2D eigenvalue weighted by molar-refractivity contribution is 5.34. The third-order valence-electron chi connectivity index (χ3n) is 2.83. The molecule has 21 heavy (non-hydrogen) atoms. The molecule has 1 atom stereocenters. The largest absolute Gasteiger partial charge is 0.487 e. The number of hydrogen-bond donors (Lipinski definition) is 2. The summed E-state index contributed by atoms with van der Waals surface area (Å²) >= 11 is 0. The normalized spacial score (nSPS) is 12.7. The number of hydrogen-bond acceptors (Lipinski definition) is 4. The van der Waals surface area contributed by atoms with Crippen molar-refractivity contribution in [2.45, 2.75) is 45.9 Å². The second-order valence-corrected chi connectivity index (χ2v) is 5.25. The van der Waals surface area contributed by atoms with Crippen LogP contribution in [0.5, 0.6) is 5.75 Å². The molecule has 0 aliphatic carbocycles. The van der Waals surface area contributed by atoms with Crippen molar-refractivity contribution in [3.05, 3.63) is 29.6 Å². The number of benzene rings is 1. The van der Waals surface area contributed by atoms with Crippen molar-refractivity contribution >= 4 is 0 Å². The van der Waals surface area contributed by atoms with Gasteiger partial charge in [0, 0.05) is 12.1 Å². The molecule has 0 bridgehead atoms. The van der Waals surface area contributed by atoms with Crippen LogP contribution in [0.2, 0.25) is 0 Å². The predicted molar refractivity (Wildman–Crippen MR) is 81.0 cm³/mol. The maximum atomic E-state index is 13.9. The Bertz CT molecular complexity index is 413. The minimum atomic E-state index is -0.775. The van der Waals surface area contributed by atoms with E-state index in [0.29, 0.717) is 6.54 Å². The zero-order chi connectivity index (χ0) is 15.7. The van der Waals surface area contributed by atoms with E-state index in [2.05, 4.69) is 12.2 Å². The maximum absolute atomic E-state index is 13.9. The molecule has 0 heterocycles. The Balaban J connectivity index is 2.56. The molecule has 1 unspecified atom stereocenters. The molecule has 0 aliphatic rings. The lowest BCUT2D eigenvalue weighted by Gasteiger charge is -2.17. The van der Waals surface area contributed by atoms with Crippen LogP contribution in [0.4, 0.5) is 4.39 Å². The van der Waals surface area contributed by atoms with Crippen LogP contribution < -0.4 is 10.1 Å². The molecule has 5 heteroatoms. The van der Waals surface area contributed by atoms with E-state index in [4.69, 9.17) is 9.47 Å². The number of nitrogens with one attached hydrogen (secondary N) is 1. The van der Waals surface area contributed by atoms with E-state index in [1.807, 2.05) is 19.9 Å². The molecule has 2 N–H and O–H groups in total. The number of ether oxygens (including phenoxy) is 2.